The van der Waals surface area contributed by atoms with Crippen LogP contribution in [0.1, 0.15) is 19.3 Å². The maximum absolute atomic E-state index is 11.7. The number of carboxylic acid groups (broad SMARTS) is 1. The molecule has 0 bridgehead atoms. The quantitative estimate of drug-likeness (QED) is 0.116. The van der Waals surface area contributed by atoms with Crippen LogP contribution in [0.4, 0.5) is 0 Å². The molecule has 0 rings (SSSR count). The van der Waals surface area contributed by atoms with Gasteiger partial charge in [-0.3, -0.25) is 18.8 Å². The number of nitrogens with one attached hydrogen (secondary N) is 2. The van der Waals surface area contributed by atoms with Crippen LogP contribution in [0.5, 0.6) is 0 Å². The van der Waals surface area contributed by atoms with Crippen LogP contribution in [-0.2, 0) is 25.2 Å². The number of carbonyl (C=O) groups excluding carboxylic acids is 2. The van der Waals surface area contributed by atoms with Gasteiger partial charge in [0.05, 0.1) is 12.6 Å². The molecule has 0 spiro atoms. The number of nitrogens with two attached hydrogens (primary N) is 3. The van der Waals surface area contributed by atoms with Gasteiger partial charge in [-0.05, 0) is 19.3 Å². The van der Waals surface area contributed by atoms with Gasteiger partial charge in [-0.15, -0.1) is 0 Å². The van der Waals surface area contributed by atoms with E-state index in [1.54, 1.807) is 0 Å². The van der Waals surface area contributed by atoms with Crippen molar-refractivity contribution in [1.82, 2.24) is 10.6 Å². The summed E-state index contributed by atoms with van der Waals surface area (Å²) in [6.07, 6.45) is 2.21. The Balaban J connectivity index is 4.25. The van der Waals surface area contributed by atoms with Crippen LogP contribution < -0.4 is 27.8 Å². The average molecular weight is 378 g/mol. The summed E-state index contributed by atoms with van der Waals surface area (Å²) in [5.74, 6) is -2.25. The van der Waals surface area contributed by atoms with Crippen LogP contribution in [0.25, 0.3) is 0 Å². The molecule has 0 saturated heterocycles. The van der Waals surface area contributed by atoms with E-state index in [2.05, 4.69) is 15.6 Å². The number of carbonyl (C=O) groups is 3. The zero-order valence-electron chi connectivity index (χ0n) is 14.1. The number of amides is 2. The third kappa shape index (κ3) is 11.9. The van der Waals surface area contributed by atoms with Crippen LogP contribution in [0, 0.1) is 0 Å². The fourth-order valence-corrected chi connectivity index (χ4v) is 2.31. The topological polar surface area (TPSA) is 203 Å². The fraction of sp³-hybridized carbons (Fsp3) is 0.692. The SMILES string of the molecule is CS(=O)CCC(N)C(=O)NCC(=O)NC(CCCN=C(N)N)C(=O)O. The molecule has 3 atom stereocenters. The number of aliphatic imine (C=N–C) groups is 1. The summed E-state index contributed by atoms with van der Waals surface area (Å²) in [5, 5.41) is 13.7. The first-order chi connectivity index (χ1) is 11.6. The second-order valence-corrected chi connectivity index (χ2v) is 6.85. The lowest BCUT2D eigenvalue weighted by molar-refractivity contribution is -0.141. The number of aliphatic carboxylic acids is 1. The number of carboxylic acids is 1. The molecular formula is C13H26N6O5S. The van der Waals surface area contributed by atoms with E-state index in [4.69, 9.17) is 22.3 Å². The minimum atomic E-state index is -1.20. The highest BCUT2D eigenvalue weighted by molar-refractivity contribution is 7.84. The molecule has 25 heavy (non-hydrogen) atoms. The van der Waals surface area contributed by atoms with Crippen molar-refractivity contribution >= 4 is 34.5 Å². The van der Waals surface area contributed by atoms with E-state index in [9.17, 15) is 18.6 Å². The van der Waals surface area contributed by atoms with Crippen LogP contribution in [0.3, 0.4) is 0 Å². The zero-order valence-corrected chi connectivity index (χ0v) is 14.9. The molecule has 144 valence electrons. The van der Waals surface area contributed by atoms with Crippen molar-refractivity contribution in [2.45, 2.75) is 31.3 Å². The van der Waals surface area contributed by atoms with Crippen LogP contribution in [0.15, 0.2) is 4.99 Å². The summed E-state index contributed by atoms with van der Waals surface area (Å²) >= 11 is 0. The van der Waals surface area contributed by atoms with Crippen molar-refractivity contribution in [2.24, 2.45) is 22.2 Å². The summed E-state index contributed by atoms with van der Waals surface area (Å²) in [6.45, 7) is -0.161. The van der Waals surface area contributed by atoms with Crippen molar-refractivity contribution in [1.29, 1.82) is 0 Å². The van der Waals surface area contributed by atoms with Gasteiger partial charge in [-0.25, -0.2) is 4.79 Å². The molecule has 3 unspecified atom stereocenters. The van der Waals surface area contributed by atoms with E-state index in [1.165, 1.54) is 6.26 Å². The molecule has 0 aliphatic rings. The smallest absolute Gasteiger partial charge is 0.326 e. The Morgan fingerprint density at radius 1 is 1.24 bits per heavy atom. The van der Waals surface area contributed by atoms with Crippen molar-refractivity contribution < 1.29 is 23.7 Å². The molecule has 9 N–H and O–H groups in total. The van der Waals surface area contributed by atoms with Crippen molar-refractivity contribution in [3.63, 3.8) is 0 Å². The predicted octanol–water partition coefficient (Wildman–Crippen LogP) is -3.18. The molecule has 0 aliphatic heterocycles. The Morgan fingerprint density at radius 2 is 1.88 bits per heavy atom. The molecule has 0 aromatic carbocycles. The largest absolute Gasteiger partial charge is 0.480 e. The second kappa shape index (κ2) is 12.2. The molecular weight excluding hydrogens is 352 g/mol. The van der Waals surface area contributed by atoms with Crippen LogP contribution in [-0.4, -0.2) is 70.2 Å². The van der Waals surface area contributed by atoms with Gasteiger partial charge in [0.25, 0.3) is 0 Å². The molecule has 0 saturated carbocycles. The molecule has 2 amide bonds. The summed E-state index contributed by atoms with van der Waals surface area (Å²) in [5.41, 5.74) is 15.9. The molecule has 11 nitrogen and oxygen atoms in total. The third-order valence-electron chi connectivity index (χ3n) is 3.05. The highest BCUT2D eigenvalue weighted by atomic mass is 32.2. The Kier molecular flexibility index (Phi) is 11.1. The molecule has 0 radical (unpaired) electrons. The number of hydrogen-bond acceptors (Lipinski definition) is 6. The fourth-order valence-electron chi connectivity index (χ4n) is 1.73. The highest BCUT2D eigenvalue weighted by Crippen LogP contribution is 1.98. The van der Waals surface area contributed by atoms with Crippen molar-refractivity contribution in [2.75, 3.05) is 25.1 Å². The van der Waals surface area contributed by atoms with E-state index >= 15 is 0 Å². The first kappa shape index (κ1) is 22.8. The Labute approximate surface area is 148 Å². The number of guanidine groups is 1. The van der Waals surface area contributed by atoms with Gasteiger partial charge in [-0.1, -0.05) is 0 Å². The lowest BCUT2D eigenvalue weighted by Crippen LogP contribution is -2.48. The highest BCUT2D eigenvalue weighted by Gasteiger charge is 2.20. The van der Waals surface area contributed by atoms with E-state index in [0.717, 1.165) is 0 Å². The summed E-state index contributed by atoms with van der Waals surface area (Å²) in [6, 6.07) is -2.00. The Hall–Kier alpha value is -2.21. The van der Waals surface area contributed by atoms with E-state index in [1.807, 2.05) is 0 Å². The molecule has 0 aromatic rings. The minimum Gasteiger partial charge on any atom is -0.480 e. The number of rotatable bonds is 12. The lowest BCUT2D eigenvalue weighted by atomic mass is 10.1. The van der Waals surface area contributed by atoms with E-state index < -0.39 is 47.2 Å². The molecule has 12 heteroatoms. The number of nitrogens with zero attached hydrogens (tertiary/aromatic N) is 1. The normalized spacial score (nSPS) is 14.0. The number of hydrogen-bond donors (Lipinski definition) is 6. The van der Waals surface area contributed by atoms with Gasteiger partial charge in [0.15, 0.2) is 5.96 Å². The molecule has 0 fully saturated rings. The maximum Gasteiger partial charge on any atom is 0.326 e. The first-order valence-corrected chi connectivity index (χ1v) is 9.27. The van der Waals surface area contributed by atoms with Crippen molar-refractivity contribution in [3.8, 4) is 0 Å². The van der Waals surface area contributed by atoms with Gasteiger partial charge in [0, 0.05) is 29.4 Å². The minimum absolute atomic E-state index is 0.0955. The van der Waals surface area contributed by atoms with Crippen molar-refractivity contribution in [3.05, 3.63) is 0 Å². The summed E-state index contributed by atoms with van der Waals surface area (Å²) < 4.78 is 10.9. The summed E-state index contributed by atoms with van der Waals surface area (Å²) in [4.78, 5) is 38.3. The third-order valence-corrected chi connectivity index (χ3v) is 3.87. The van der Waals surface area contributed by atoms with Gasteiger partial charge in [-0.2, -0.15) is 0 Å². The average Bonchev–Trinajstić information content (AvgIpc) is 2.52. The Bertz CT molecular complexity index is 523. The summed E-state index contributed by atoms with van der Waals surface area (Å²) in [7, 11) is -1.07. The van der Waals surface area contributed by atoms with Crippen LogP contribution >= 0.6 is 0 Å². The Morgan fingerprint density at radius 3 is 2.40 bits per heavy atom. The van der Waals surface area contributed by atoms with Gasteiger partial charge in [0.2, 0.25) is 11.8 Å². The molecule has 0 aromatic heterocycles. The van der Waals surface area contributed by atoms with Gasteiger partial charge in [0.1, 0.15) is 6.04 Å². The van der Waals surface area contributed by atoms with E-state index in [-0.39, 0.29) is 31.1 Å². The monoisotopic (exact) mass is 378 g/mol. The first-order valence-electron chi connectivity index (χ1n) is 7.54. The molecule has 0 heterocycles. The van der Waals surface area contributed by atoms with Gasteiger partial charge >= 0.3 is 5.97 Å². The van der Waals surface area contributed by atoms with Crippen LogP contribution in [0.2, 0.25) is 0 Å². The predicted molar refractivity (Wildman–Crippen MR) is 94.0 cm³/mol. The second-order valence-electron chi connectivity index (χ2n) is 5.30. The molecule has 0 aliphatic carbocycles. The standard InChI is InChI=1S/C13H26N6O5S/c1-25(24)6-4-8(14)11(21)18-7-10(20)19-9(12(22)23)3-2-5-17-13(15)16/h8-9H,2-7,14H2,1H3,(H,18,21)(H,19,20)(H,22,23)(H4,15,16,17). The maximum atomic E-state index is 11.7. The van der Waals surface area contributed by atoms with Gasteiger partial charge < -0.3 is 32.9 Å². The van der Waals surface area contributed by atoms with E-state index in [0.29, 0.717) is 6.42 Å². The zero-order chi connectivity index (χ0) is 19.4. The lowest BCUT2D eigenvalue weighted by Gasteiger charge is -2.15.